The van der Waals surface area contributed by atoms with Crippen LogP contribution in [-0.4, -0.2) is 17.2 Å². The number of nitrogens with zero attached hydrogens (tertiary/aromatic N) is 3. The molecule has 5 nitrogen and oxygen atoms in total. The maximum Gasteiger partial charge on any atom is 0.231 e. The monoisotopic (exact) mass is 419 g/mol. The Bertz CT molecular complexity index is 1240. The number of fused-ring (bicyclic) bond motifs is 1. The molecule has 0 fully saturated rings. The largest absolute Gasteiger partial charge is 0.454 e. The minimum atomic E-state index is 0.261. The highest BCUT2D eigenvalue weighted by Crippen LogP contribution is 2.33. The lowest BCUT2D eigenvalue weighted by Crippen LogP contribution is -2.13. The van der Waals surface area contributed by atoms with E-state index in [0.717, 1.165) is 43.8 Å². The third-order valence-electron chi connectivity index (χ3n) is 4.48. The van der Waals surface area contributed by atoms with Crippen LogP contribution in [0.1, 0.15) is 12.5 Å². The zero-order chi connectivity index (χ0) is 19.6. The predicted octanol–water partition coefficient (Wildman–Crippen LogP) is 5.51. The first-order chi connectivity index (χ1) is 14.3. The van der Waals surface area contributed by atoms with Crippen LogP contribution in [0.15, 0.2) is 81.5 Å². The lowest BCUT2D eigenvalue weighted by Gasteiger charge is -2.06. The summed E-state index contributed by atoms with van der Waals surface area (Å²) in [5.41, 5.74) is 3.78. The fourth-order valence-corrected chi connectivity index (χ4v) is 4.65. The molecule has 1 aliphatic heterocycles. The Morgan fingerprint density at radius 1 is 0.966 bits per heavy atom. The number of rotatable bonds is 4. The first-order valence-electron chi connectivity index (χ1n) is 9.08. The Balaban J connectivity index is 1.63. The summed E-state index contributed by atoms with van der Waals surface area (Å²) < 4.78 is 12.8. The molecule has 0 spiro atoms. The Hall–Kier alpha value is -3.16. The van der Waals surface area contributed by atoms with Gasteiger partial charge >= 0.3 is 0 Å². The number of benzene rings is 2. The summed E-state index contributed by atoms with van der Waals surface area (Å²) in [5, 5.41) is 9.10. The average Bonchev–Trinajstić information content (AvgIpc) is 3.49. The molecular formula is C22H17N3O2S2. The molecule has 2 aromatic heterocycles. The van der Waals surface area contributed by atoms with E-state index in [-0.39, 0.29) is 6.79 Å². The summed E-state index contributed by atoms with van der Waals surface area (Å²) in [7, 11) is 0. The fraction of sp³-hybridized carbons (Fsp3) is 0.0909. The van der Waals surface area contributed by atoms with Gasteiger partial charge in [-0.1, -0.05) is 24.3 Å². The summed E-state index contributed by atoms with van der Waals surface area (Å²) in [6.07, 6.45) is 0. The van der Waals surface area contributed by atoms with Gasteiger partial charge in [0.1, 0.15) is 0 Å². The van der Waals surface area contributed by atoms with Gasteiger partial charge in [-0.25, -0.2) is 9.67 Å². The highest BCUT2D eigenvalue weighted by Gasteiger charge is 2.15. The zero-order valence-electron chi connectivity index (χ0n) is 15.6. The van der Waals surface area contributed by atoms with E-state index in [4.69, 9.17) is 19.6 Å². The van der Waals surface area contributed by atoms with Crippen LogP contribution in [0.3, 0.4) is 0 Å². The van der Waals surface area contributed by atoms with Crippen LogP contribution in [0, 0.1) is 0 Å². The van der Waals surface area contributed by atoms with Crippen molar-refractivity contribution in [3.63, 3.8) is 0 Å². The van der Waals surface area contributed by atoms with Crippen molar-refractivity contribution in [1.29, 1.82) is 0 Å². The summed E-state index contributed by atoms with van der Waals surface area (Å²) in [5.74, 6) is 1.52. The van der Waals surface area contributed by atoms with Crippen molar-refractivity contribution in [2.75, 3.05) is 6.79 Å². The first kappa shape index (κ1) is 17.9. The molecule has 0 aliphatic carbocycles. The van der Waals surface area contributed by atoms with Gasteiger partial charge in [0, 0.05) is 10.9 Å². The number of aromatic nitrogens is 1. The molecule has 0 saturated heterocycles. The van der Waals surface area contributed by atoms with Gasteiger partial charge in [0.25, 0.3) is 0 Å². The lowest BCUT2D eigenvalue weighted by molar-refractivity contribution is 0.174. The highest BCUT2D eigenvalue weighted by atomic mass is 32.1. The topological polar surface area (TPSA) is 48.1 Å². The molecule has 2 aromatic carbocycles. The van der Waals surface area contributed by atoms with Crippen LogP contribution in [0.2, 0.25) is 0 Å². The maximum atomic E-state index is 5.51. The molecule has 0 bridgehead atoms. The van der Waals surface area contributed by atoms with Crippen LogP contribution in [0.4, 0.5) is 5.69 Å². The number of para-hydroxylation sites is 1. The predicted molar refractivity (Wildman–Crippen MR) is 117 cm³/mol. The third kappa shape index (κ3) is 3.62. The van der Waals surface area contributed by atoms with Crippen LogP contribution in [-0.2, 0) is 0 Å². The normalized spacial score (nSPS) is 13.8. The average molecular weight is 420 g/mol. The maximum absolute atomic E-state index is 5.51. The van der Waals surface area contributed by atoms with Crippen LogP contribution in [0.25, 0.3) is 10.6 Å². The van der Waals surface area contributed by atoms with Gasteiger partial charge in [0.05, 0.1) is 22.0 Å². The Morgan fingerprint density at radius 2 is 1.83 bits per heavy atom. The van der Waals surface area contributed by atoms with Crippen LogP contribution >= 0.6 is 22.7 Å². The summed E-state index contributed by atoms with van der Waals surface area (Å²) in [4.78, 5) is 6.78. The number of thiazole rings is 1. The summed E-state index contributed by atoms with van der Waals surface area (Å²) in [6, 6.07) is 20.0. The number of ether oxygens (including phenoxy) is 2. The molecule has 7 heteroatoms. The molecule has 5 rings (SSSR count). The zero-order valence-corrected chi connectivity index (χ0v) is 17.2. The first-order valence-corrected chi connectivity index (χ1v) is 10.8. The van der Waals surface area contributed by atoms with Gasteiger partial charge < -0.3 is 9.47 Å². The van der Waals surface area contributed by atoms with Gasteiger partial charge in [-0.15, -0.1) is 22.7 Å². The summed E-state index contributed by atoms with van der Waals surface area (Å²) >= 11 is 3.27. The van der Waals surface area contributed by atoms with E-state index in [1.807, 2.05) is 66.2 Å². The van der Waals surface area contributed by atoms with Crippen molar-refractivity contribution >= 4 is 34.1 Å². The third-order valence-corrected chi connectivity index (χ3v) is 6.19. The molecular weight excluding hydrogens is 402 g/mol. The van der Waals surface area contributed by atoms with E-state index < -0.39 is 0 Å². The minimum Gasteiger partial charge on any atom is -0.454 e. The molecule has 0 N–H and O–H groups in total. The second kappa shape index (κ2) is 7.69. The number of thiophene rings is 1. The van der Waals surface area contributed by atoms with Gasteiger partial charge in [0.2, 0.25) is 11.6 Å². The van der Waals surface area contributed by atoms with E-state index in [2.05, 4.69) is 16.8 Å². The van der Waals surface area contributed by atoms with Crippen LogP contribution < -0.4 is 14.3 Å². The summed E-state index contributed by atoms with van der Waals surface area (Å²) in [6.45, 7) is 2.25. The molecule has 0 amide bonds. The molecule has 144 valence electrons. The van der Waals surface area contributed by atoms with Gasteiger partial charge in [-0.2, -0.15) is 5.10 Å². The number of hydrogen-bond acceptors (Lipinski definition) is 6. The molecule has 0 atom stereocenters. The Labute approximate surface area is 175 Å². The van der Waals surface area contributed by atoms with E-state index >= 15 is 0 Å². The van der Waals surface area contributed by atoms with Crippen molar-refractivity contribution in [3.05, 3.63) is 81.8 Å². The Kier molecular flexibility index (Phi) is 4.75. The molecule has 1 aliphatic rings. The quantitative estimate of drug-likeness (QED) is 0.410. The second-order valence-electron chi connectivity index (χ2n) is 6.39. The number of hydrogen-bond donors (Lipinski definition) is 0. The SMILES string of the molecule is CC(=Nn1c(-c2cccs2)csc1=Nc1ccccc1)c1ccc2c(c1)OCO2. The van der Waals surface area contributed by atoms with E-state index in [9.17, 15) is 0 Å². The van der Waals surface area contributed by atoms with Crippen molar-refractivity contribution < 1.29 is 9.47 Å². The fourth-order valence-electron chi connectivity index (χ4n) is 3.01. The molecule has 0 unspecified atom stereocenters. The second-order valence-corrected chi connectivity index (χ2v) is 8.18. The van der Waals surface area contributed by atoms with E-state index in [0.29, 0.717) is 0 Å². The highest BCUT2D eigenvalue weighted by molar-refractivity contribution is 7.14. The standard InChI is InChI=1S/C22H17N3O2S2/c1-15(16-9-10-19-20(12-16)27-14-26-19)24-25-18(21-8-5-11-28-21)13-29-22(25)23-17-6-3-2-4-7-17/h2-13H,14H2,1H3. The van der Waals surface area contributed by atoms with Crippen molar-refractivity contribution in [3.8, 4) is 22.1 Å². The minimum absolute atomic E-state index is 0.261. The van der Waals surface area contributed by atoms with Crippen molar-refractivity contribution in [2.24, 2.45) is 10.1 Å². The lowest BCUT2D eigenvalue weighted by atomic mass is 10.1. The molecule has 0 saturated carbocycles. The van der Waals surface area contributed by atoms with E-state index in [1.165, 1.54) is 0 Å². The molecule has 29 heavy (non-hydrogen) atoms. The Morgan fingerprint density at radius 3 is 2.66 bits per heavy atom. The van der Waals surface area contributed by atoms with Gasteiger partial charge in [-0.05, 0) is 48.7 Å². The van der Waals surface area contributed by atoms with Gasteiger partial charge in [0.15, 0.2) is 11.5 Å². The molecule has 4 aromatic rings. The van der Waals surface area contributed by atoms with E-state index in [1.54, 1.807) is 22.7 Å². The molecule has 3 heterocycles. The smallest absolute Gasteiger partial charge is 0.231 e. The van der Waals surface area contributed by atoms with Crippen molar-refractivity contribution in [1.82, 2.24) is 4.68 Å². The molecule has 0 radical (unpaired) electrons. The van der Waals surface area contributed by atoms with Crippen molar-refractivity contribution in [2.45, 2.75) is 6.92 Å². The van der Waals surface area contributed by atoms with Crippen LogP contribution in [0.5, 0.6) is 11.5 Å². The van der Waals surface area contributed by atoms with Gasteiger partial charge in [-0.3, -0.25) is 0 Å².